The summed E-state index contributed by atoms with van der Waals surface area (Å²) in [5.74, 6) is 0.418. The van der Waals surface area contributed by atoms with Crippen LogP contribution >= 0.6 is 0 Å². The molecule has 2 unspecified atom stereocenters. The molecule has 0 aliphatic rings. The topological polar surface area (TPSA) is 34.4 Å². The van der Waals surface area contributed by atoms with Crippen LogP contribution in [-0.2, 0) is 4.74 Å². The van der Waals surface area contributed by atoms with Gasteiger partial charge in [0.15, 0.2) is 11.4 Å². The zero-order chi connectivity index (χ0) is 15.2. The minimum Gasteiger partial charge on any atom is -0.456 e. The van der Waals surface area contributed by atoms with E-state index in [1.807, 2.05) is 12.1 Å². The zero-order valence-corrected chi connectivity index (χ0v) is 13.0. The number of hydrogen-bond acceptors (Lipinski definition) is 3. The molecule has 0 aliphatic carbocycles. The second-order valence-electron chi connectivity index (χ2n) is 5.30. The number of methoxy groups -OCH3 is 1. The van der Waals surface area contributed by atoms with Crippen molar-refractivity contribution in [2.24, 2.45) is 0 Å². The van der Waals surface area contributed by atoms with Crippen LogP contribution in [-0.4, -0.2) is 19.8 Å². The van der Waals surface area contributed by atoms with E-state index in [1.54, 1.807) is 13.2 Å². The number of nitrogens with one attached hydrogen (secondary N) is 1. The van der Waals surface area contributed by atoms with Gasteiger partial charge < -0.3 is 14.5 Å². The van der Waals surface area contributed by atoms with E-state index in [1.165, 1.54) is 6.07 Å². The molecule has 2 atom stereocenters. The molecule has 0 saturated carbocycles. The first-order valence-electron chi connectivity index (χ1n) is 7.65. The molecule has 116 valence electrons. The lowest BCUT2D eigenvalue weighted by atomic mass is 10.0. The van der Waals surface area contributed by atoms with E-state index in [0.29, 0.717) is 5.58 Å². The van der Waals surface area contributed by atoms with Crippen molar-refractivity contribution in [1.82, 2.24) is 5.32 Å². The summed E-state index contributed by atoms with van der Waals surface area (Å²) in [6.45, 7) is 5.11. The quantitative estimate of drug-likeness (QED) is 0.782. The molecule has 0 bridgehead atoms. The Morgan fingerprint density at radius 2 is 2.10 bits per heavy atom. The summed E-state index contributed by atoms with van der Waals surface area (Å²) in [6, 6.07) is 6.84. The monoisotopic (exact) mass is 293 g/mol. The normalized spacial score (nSPS) is 14.5. The molecule has 4 heteroatoms. The molecule has 1 aromatic heterocycles. The van der Waals surface area contributed by atoms with E-state index in [0.717, 1.165) is 37.0 Å². The van der Waals surface area contributed by atoms with Gasteiger partial charge in [0.25, 0.3) is 0 Å². The van der Waals surface area contributed by atoms with Crippen LogP contribution in [0.1, 0.15) is 44.9 Å². The average Bonchev–Trinajstić information content (AvgIpc) is 2.91. The molecule has 1 aromatic carbocycles. The van der Waals surface area contributed by atoms with Gasteiger partial charge in [0.1, 0.15) is 5.76 Å². The number of halogens is 1. The molecule has 2 rings (SSSR count). The summed E-state index contributed by atoms with van der Waals surface area (Å²) < 4.78 is 25.2. The van der Waals surface area contributed by atoms with Crippen molar-refractivity contribution in [3.63, 3.8) is 0 Å². The van der Waals surface area contributed by atoms with E-state index in [4.69, 9.17) is 9.15 Å². The Morgan fingerprint density at radius 3 is 2.71 bits per heavy atom. The highest BCUT2D eigenvalue weighted by atomic mass is 19.1. The van der Waals surface area contributed by atoms with Crippen LogP contribution in [0.15, 0.2) is 28.7 Å². The maximum absolute atomic E-state index is 13.8. The third kappa shape index (κ3) is 3.63. The van der Waals surface area contributed by atoms with Gasteiger partial charge in [-0.25, -0.2) is 4.39 Å². The molecular weight excluding hydrogens is 269 g/mol. The van der Waals surface area contributed by atoms with Crippen molar-refractivity contribution < 1.29 is 13.5 Å². The van der Waals surface area contributed by atoms with Crippen molar-refractivity contribution in [1.29, 1.82) is 0 Å². The molecular formula is C17H24FNO2. The Balaban J connectivity index is 2.34. The van der Waals surface area contributed by atoms with Crippen LogP contribution < -0.4 is 5.32 Å². The molecule has 0 amide bonds. The van der Waals surface area contributed by atoms with Crippen LogP contribution in [0.25, 0.3) is 11.0 Å². The van der Waals surface area contributed by atoms with Crippen LogP contribution in [0.3, 0.4) is 0 Å². The van der Waals surface area contributed by atoms with Gasteiger partial charge in [-0.1, -0.05) is 32.4 Å². The average molecular weight is 293 g/mol. The summed E-state index contributed by atoms with van der Waals surface area (Å²) in [5.41, 5.74) is 0.321. The third-order valence-corrected chi connectivity index (χ3v) is 3.68. The first-order valence-corrected chi connectivity index (χ1v) is 7.65. The summed E-state index contributed by atoms with van der Waals surface area (Å²) >= 11 is 0. The predicted octanol–water partition coefficient (Wildman–Crippen LogP) is 4.43. The van der Waals surface area contributed by atoms with Gasteiger partial charge in [-0.2, -0.15) is 0 Å². The lowest BCUT2D eigenvalue weighted by Crippen LogP contribution is -2.33. The van der Waals surface area contributed by atoms with Gasteiger partial charge in [-0.05, 0) is 31.5 Å². The highest BCUT2D eigenvalue weighted by Gasteiger charge is 2.25. The van der Waals surface area contributed by atoms with Crippen LogP contribution in [0.5, 0.6) is 0 Å². The Hall–Kier alpha value is -1.39. The van der Waals surface area contributed by atoms with E-state index in [-0.39, 0.29) is 18.0 Å². The Bertz CT molecular complexity index is 567. The van der Waals surface area contributed by atoms with E-state index in [9.17, 15) is 4.39 Å². The van der Waals surface area contributed by atoms with Crippen molar-refractivity contribution in [2.45, 2.75) is 45.3 Å². The summed E-state index contributed by atoms with van der Waals surface area (Å²) in [6.07, 6.45) is 2.99. The number of para-hydroxylation sites is 1. The number of benzene rings is 1. The summed E-state index contributed by atoms with van der Waals surface area (Å²) in [4.78, 5) is 0. The fraction of sp³-hybridized carbons (Fsp3) is 0.529. The number of ether oxygens (including phenoxy) is 1. The minimum absolute atomic E-state index is 0.0187. The molecule has 0 radical (unpaired) electrons. The van der Waals surface area contributed by atoms with E-state index >= 15 is 0 Å². The highest BCUT2D eigenvalue weighted by Crippen LogP contribution is 2.29. The molecule has 2 aromatic rings. The van der Waals surface area contributed by atoms with Gasteiger partial charge >= 0.3 is 0 Å². The van der Waals surface area contributed by atoms with E-state index < -0.39 is 0 Å². The van der Waals surface area contributed by atoms with Crippen LogP contribution in [0.2, 0.25) is 0 Å². The SMILES string of the molecule is CCCNC(c1cc2cccc(F)c2o1)C(CCC)OC. The highest BCUT2D eigenvalue weighted by molar-refractivity contribution is 5.78. The Morgan fingerprint density at radius 1 is 1.29 bits per heavy atom. The molecule has 1 heterocycles. The van der Waals surface area contributed by atoms with Gasteiger partial charge in [-0.3, -0.25) is 0 Å². The first kappa shape index (κ1) is 16.0. The van der Waals surface area contributed by atoms with Crippen molar-refractivity contribution >= 4 is 11.0 Å². The number of furan rings is 1. The van der Waals surface area contributed by atoms with Crippen molar-refractivity contribution in [3.05, 3.63) is 35.8 Å². The zero-order valence-electron chi connectivity index (χ0n) is 13.0. The van der Waals surface area contributed by atoms with Gasteiger partial charge in [-0.15, -0.1) is 0 Å². The predicted molar refractivity (Wildman–Crippen MR) is 82.9 cm³/mol. The molecule has 3 nitrogen and oxygen atoms in total. The standard InChI is InChI=1S/C17H24FNO2/c1-4-7-14(20-3)16(19-10-5-2)15-11-12-8-6-9-13(18)17(12)21-15/h6,8-9,11,14,16,19H,4-5,7,10H2,1-3H3. The molecule has 0 fully saturated rings. The van der Waals surface area contributed by atoms with Crippen LogP contribution in [0.4, 0.5) is 4.39 Å². The van der Waals surface area contributed by atoms with Gasteiger partial charge in [0.2, 0.25) is 0 Å². The lowest BCUT2D eigenvalue weighted by Gasteiger charge is -2.25. The fourth-order valence-electron chi connectivity index (χ4n) is 2.62. The fourth-order valence-corrected chi connectivity index (χ4v) is 2.62. The maximum atomic E-state index is 13.8. The third-order valence-electron chi connectivity index (χ3n) is 3.68. The smallest absolute Gasteiger partial charge is 0.169 e. The number of rotatable bonds is 8. The van der Waals surface area contributed by atoms with E-state index in [2.05, 4.69) is 19.2 Å². The number of hydrogen-bond donors (Lipinski definition) is 1. The molecule has 0 spiro atoms. The van der Waals surface area contributed by atoms with Crippen LogP contribution in [0, 0.1) is 5.82 Å². The molecule has 0 saturated heterocycles. The Labute approximate surface area is 125 Å². The lowest BCUT2D eigenvalue weighted by molar-refractivity contribution is 0.0541. The van der Waals surface area contributed by atoms with Crippen molar-refractivity contribution in [2.75, 3.05) is 13.7 Å². The number of fused-ring (bicyclic) bond motifs is 1. The van der Waals surface area contributed by atoms with Gasteiger partial charge in [0.05, 0.1) is 12.1 Å². The molecule has 21 heavy (non-hydrogen) atoms. The van der Waals surface area contributed by atoms with Gasteiger partial charge in [0, 0.05) is 12.5 Å². The first-order chi connectivity index (χ1) is 10.2. The second-order valence-corrected chi connectivity index (χ2v) is 5.30. The van der Waals surface area contributed by atoms with Crippen molar-refractivity contribution in [3.8, 4) is 0 Å². The Kier molecular flexibility index (Phi) is 5.76. The maximum Gasteiger partial charge on any atom is 0.169 e. The summed E-state index contributed by atoms with van der Waals surface area (Å²) in [7, 11) is 1.71. The molecule has 0 aliphatic heterocycles. The minimum atomic E-state index is -0.322. The second kappa shape index (κ2) is 7.57. The largest absolute Gasteiger partial charge is 0.456 e. The molecule has 1 N–H and O–H groups in total. The summed E-state index contributed by atoms with van der Waals surface area (Å²) in [5, 5.41) is 4.25.